The van der Waals surface area contributed by atoms with E-state index in [1.807, 2.05) is 36.2 Å². The van der Waals surface area contributed by atoms with Gasteiger partial charge in [0.05, 0.1) is 7.11 Å². The molecule has 2 N–H and O–H groups in total. The fourth-order valence-corrected chi connectivity index (χ4v) is 2.59. The molecule has 0 heterocycles. The fourth-order valence-electron chi connectivity index (χ4n) is 2.37. The van der Waals surface area contributed by atoms with Crippen molar-refractivity contribution in [2.75, 3.05) is 21.2 Å². The zero-order valence-corrected chi connectivity index (χ0v) is 17.6. The van der Waals surface area contributed by atoms with E-state index in [0.717, 1.165) is 17.1 Å². The molecule has 0 aliphatic carbocycles. The van der Waals surface area contributed by atoms with Crippen LogP contribution in [0.4, 0.5) is 0 Å². The van der Waals surface area contributed by atoms with Gasteiger partial charge in [0.1, 0.15) is 11.5 Å². The highest BCUT2D eigenvalue weighted by atomic mass is 127. The maximum Gasteiger partial charge on any atom is 0.193 e. The molecule has 0 atom stereocenters. The topological polar surface area (TPSA) is 57.1 Å². The number of nitrogens with zero attached hydrogens (tertiary/aromatic N) is 2. The van der Waals surface area contributed by atoms with Crippen molar-refractivity contribution < 1.29 is 9.84 Å². The van der Waals surface area contributed by atoms with Crippen molar-refractivity contribution in [2.45, 2.75) is 13.1 Å². The number of aromatic hydroxyl groups is 1. The van der Waals surface area contributed by atoms with Gasteiger partial charge in [-0.05, 0) is 35.9 Å². The minimum Gasteiger partial charge on any atom is -0.508 e. The number of phenolic OH excluding ortho intramolecular Hbond substituents is 1. The number of guanidine groups is 1. The van der Waals surface area contributed by atoms with Gasteiger partial charge in [-0.3, -0.25) is 4.99 Å². The van der Waals surface area contributed by atoms with Crippen molar-refractivity contribution in [2.24, 2.45) is 4.99 Å². The fraction of sp³-hybridized carbons (Fsp3) is 0.278. The highest BCUT2D eigenvalue weighted by Gasteiger charge is 2.09. The number of hydrogen-bond acceptors (Lipinski definition) is 3. The Bertz CT molecular complexity index is 725. The van der Waals surface area contributed by atoms with Crippen molar-refractivity contribution >= 4 is 41.5 Å². The Kier molecular flexibility index (Phi) is 8.85. The van der Waals surface area contributed by atoms with E-state index >= 15 is 0 Å². The lowest BCUT2D eigenvalue weighted by atomic mass is 10.2. The summed E-state index contributed by atoms with van der Waals surface area (Å²) < 4.78 is 5.19. The average Bonchev–Trinajstić information content (AvgIpc) is 2.57. The molecule has 2 aromatic carbocycles. The van der Waals surface area contributed by atoms with Crippen LogP contribution < -0.4 is 10.1 Å². The van der Waals surface area contributed by atoms with Gasteiger partial charge in [-0.15, -0.1) is 24.0 Å². The number of phenols is 1. The molecule has 136 valence electrons. The second-order valence-corrected chi connectivity index (χ2v) is 5.82. The molecule has 0 spiro atoms. The molecule has 0 unspecified atom stereocenters. The summed E-state index contributed by atoms with van der Waals surface area (Å²) in [5, 5.41) is 13.9. The monoisotopic (exact) mass is 475 g/mol. The quantitative estimate of drug-likeness (QED) is 0.391. The molecular formula is C18H23ClIN3O2. The van der Waals surface area contributed by atoms with Crippen molar-refractivity contribution in [3.8, 4) is 11.5 Å². The molecule has 7 heteroatoms. The maximum absolute atomic E-state index is 9.96. The Morgan fingerprint density at radius 3 is 2.68 bits per heavy atom. The van der Waals surface area contributed by atoms with E-state index < -0.39 is 0 Å². The van der Waals surface area contributed by atoms with Crippen molar-refractivity contribution in [1.29, 1.82) is 0 Å². The molecule has 0 fully saturated rings. The summed E-state index contributed by atoms with van der Waals surface area (Å²) >= 11 is 6.02. The molecule has 0 saturated carbocycles. The molecule has 5 nitrogen and oxygen atoms in total. The average molecular weight is 476 g/mol. The summed E-state index contributed by atoms with van der Waals surface area (Å²) in [5.74, 6) is 1.64. The molecule has 0 aliphatic heterocycles. The van der Waals surface area contributed by atoms with Crippen LogP contribution in [0.3, 0.4) is 0 Å². The lowest BCUT2D eigenvalue weighted by Gasteiger charge is -2.22. The molecule has 0 bridgehead atoms. The highest BCUT2D eigenvalue weighted by molar-refractivity contribution is 14.0. The number of methoxy groups -OCH3 is 1. The van der Waals surface area contributed by atoms with Crippen LogP contribution in [0, 0.1) is 0 Å². The van der Waals surface area contributed by atoms with Gasteiger partial charge in [-0.1, -0.05) is 23.7 Å². The molecule has 0 amide bonds. The first kappa shape index (κ1) is 21.4. The third kappa shape index (κ3) is 6.28. The lowest BCUT2D eigenvalue weighted by Crippen LogP contribution is -2.38. The Morgan fingerprint density at radius 2 is 2.04 bits per heavy atom. The standard InChI is InChI=1S/C18H22ClN3O2.HI/c1-20-18(22(2)12-13-5-4-6-15(19)9-13)21-11-14-10-16(24-3)7-8-17(14)23;/h4-10,23H,11-12H2,1-3H3,(H,20,21);1H. The van der Waals surface area contributed by atoms with Crippen molar-refractivity contribution in [1.82, 2.24) is 10.2 Å². The Labute approximate surface area is 170 Å². The van der Waals surface area contributed by atoms with Gasteiger partial charge >= 0.3 is 0 Å². The molecule has 0 aliphatic rings. The summed E-state index contributed by atoms with van der Waals surface area (Å²) in [7, 11) is 5.27. The van der Waals surface area contributed by atoms with Crippen LogP contribution >= 0.6 is 35.6 Å². The molecular weight excluding hydrogens is 453 g/mol. The van der Waals surface area contributed by atoms with E-state index in [9.17, 15) is 5.11 Å². The number of halogens is 2. The van der Waals surface area contributed by atoms with Crippen LogP contribution in [-0.4, -0.2) is 37.2 Å². The Morgan fingerprint density at radius 1 is 1.28 bits per heavy atom. The van der Waals surface area contributed by atoms with E-state index in [4.69, 9.17) is 16.3 Å². The molecule has 2 rings (SSSR count). The van der Waals surface area contributed by atoms with Crippen LogP contribution in [0.15, 0.2) is 47.5 Å². The normalized spacial score (nSPS) is 10.8. The second-order valence-electron chi connectivity index (χ2n) is 5.38. The summed E-state index contributed by atoms with van der Waals surface area (Å²) in [6.45, 7) is 1.11. The van der Waals surface area contributed by atoms with Gasteiger partial charge in [-0.2, -0.15) is 0 Å². The first-order chi connectivity index (χ1) is 11.5. The summed E-state index contributed by atoms with van der Waals surface area (Å²) in [5.41, 5.74) is 1.84. The van der Waals surface area contributed by atoms with Gasteiger partial charge < -0.3 is 20.1 Å². The van der Waals surface area contributed by atoms with Crippen LogP contribution in [0.1, 0.15) is 11.1 Å². The van der Waals surface area contributed by atoms with Crippen LogP contribution in [-0.2, 0) is 13.1 Å². The van der Waals surface area contributed by atoms with Gasteiger partial charge in [0, 0.05) is 37.8 Å². The third-order valence-electron chi connectivity index (χ3n) is 3.61. The summed E-state index contributed by atoms with van der Waals surface area (Å²) in [6.07, 6.45) is 0. The van der Waals surface area contributed by atoms with E-state index in [1.165, 1.54) is 0 Å². The van der Waals surface area contributed by atoms with Crippen LogP contribution in [0.25, 0.3) is 0 Å². The Hall–Kier alpha value is -1.67. The minimum absolute atomic E-state index is 0. The van der Waals surface area contributed by atoms with E-state index in [-0.39, 0.29) is 29.7 Å². The number of nitrogens with one attached hydrogen (secondary N) is 1. The second kappa shape index (κ2) is 10.4. The number of rotatable bonds is 5. The molecule has 25 heavy (non-hydrogen) atoms. The van der Waals surface area contributed by atoms with Gasteiger partial charge in [0.25, 0.3) is 0 Å². The van der Waals surface area contributed by atoms with E-state index in [0.29, 0.717) is 23.9 Å². The zero-order valence-electron chi connectivity index (χ0n) is 14.5. The third-order valence-corrected chi connectivity index (χ3v) is 3.84. The SMILES string of the molecule is CN=C(NCc1cc(OC)ccc1O)N(C)Cc1cccc(Cl)c1.I. The predicted octanol–water partition coefficient (Wildman–Crippen LogP) is 3.88. The minimum atomic E-state index is 0. The van der Waals surface area contributed by atoms with E-state index in [2.05, 4.69) is 10.3 Å². The Balaban J connectivity index is 0.00000312. The maximum atomic E-state index is 9.96. The predicted molar refractivity (Wildman–Crippen MR) is 113 cm³/mol. The van der Waals surface area contributed by atoms with Crippen molar-refractivity contribution in [3.63, 3.8) is 0 Å². The largest absolute Gasteiger partial charge is 0.508 e. The van der Waals surface area contributed by atoms with Gasteiger partial charge in [0.15, 0.2) is 5.96 Å². The van der Waals surface area contributed by atoms with Crippen LogP contribution in [0.2, 0.25) is 5.02 Å². The first-order valence-corrected chi connectivity index (χ1v) is 7.93. The number of benzene rings is 2. The summed E-state index contributed by atoms with van der Waals surface area (Å²) in [6, 6.07) is 12.9. The molecule has 2 aromatic rings. The van der Waals surface area contributed by atoms with Gasteiger partial charge in [-0.25, -0.2) is 0 Å². The van der Waals surface area contributed by atoms with Crippen molar-refractivity contribution in [3.05, 3.63) is 58.6 Å². The first-order valence-electron chi connectivity index (χ1n) is 7.55. The number of aliphatic imine (C=N–C) groups is 1. The molecule has 0 saturated heterocycles. The zero-order chi connectivity index (χ0) is 17.5. The number of hydrogen-bond donors (Lipinski definition) is 2. The molecule has 0 radical (unpaired) electrons. The van der Waals surface area contributed by atoms with E-state index in [1.54, 1.807) is 32.4 Å². The van der Waals surface area contributed by atoms with Gasteiger partial charge in [0.2, 0.25) is 0 Å². The lowest BCUT2D eigenvalue weighted by molar-refractivity contribution is 0.410. The smallest absolute Gasteiger partial charge is 0.193 e. The number of ether oxygens (including phenoxy) is 1. The highest BCUT2D eigenvalue weighted by Crippen LogP contribution is 2.22. The van der Waals surface area contributed by atoms with Crippen LogP contribution in [0.5, 0.6) is 11.5 Å². The molecule has 0 aromatic heterocycles. The summed E-state index contributed by atoms with van der Waals surface area (Å²) in [4.78, 5) is 6.27.